The molecule has 21 heavy (non-hydrogen) atoms. The number of rotatable bonds is 1. The van der Waals surface area contributed by atoms with Gasteiger partial charge in [-0.05, 0) is 29.0 Å². The fraction of sp³-hybridized carbons (Fsp3) is 0. The van der Waals surface area contributed by atoms with E-state index in [0.717, 1.165) is 21.9 Å². The molecule has 4 aromatic rings. The molecular formula is C18H12N2O. The number of aromatic nitrogens is 2. The average Bonchev–Trinajstić information content (AvgIpc) is 2.55. The molecule has 0 saturated carbocycles. The van der Waals surface area contributed by atoms with Gasteiger partial charge in [0.15, 0.2) is 0 Å². The highest BCUT2D eigenvalue weighted by Crippen LogP contribution is 2.21. The molecule has 0 saturated heterocycles. The summed E-state index contributed by atoms with van der Waals surface area (Å²) in [6.45, 7) is 0. The normalized spacial score (nSPS) is 11.0. The molecule has 4 rings (SSSR count). The van der Waals surface area contributed by atoms with Crippen LogP contribution in [0, 0.1) is 0 Å². The molecule has 0 aliphatic heterocycles. The molecule has 0 amide bonds. The van der Waals surface area contributed by atoms with Crippen molar-refractivity contribution in [2.75, 3.05) is 0 Å². The van der Waals surface area contributed by atoms with Gasteiger partial charge < -0.3 is 0 Å². The first kappa shape index (κ1) is 11.9. The van der Waals surface area contributed by atoms with Crippen LogP contribution in [0.2, 0.25) is 0 Å². The van der Waals surface area contributed by atoms with Crippen LogP contribution in [0.5, 0.6) is 0 Å². The number of benzene rings is 3. The summed E-state index contributed by atoms with van der Waals surface area (Å²) in [5.41, 5.74) is 2.01. The van der Waals surface area contributed by atoms with Crippen LogP contribution in [0.1, 0.15) is 0 Å². The molecule has 0 radical (unpaired) electrons. The quantitative estimate of drug-likeness (QED) is 0.573. The minimum atomic E-state index is -0.0420. The van der Waals surface area contributed by atoms with E-state index in [4.69, 9.17) is 0 Å². The van der Waals surface area contributed by atoms with Crippen LogP contribution in [0.4, 0.5) is 0 Å². The van der Waals surface area contributed by atoms with Gasteiger partial charge in [0, 0.05) is 10.9 Å². The minimum Gasteiger partial charge on any atom is -0.287 e. The molecule has 0 fully saturated rings. The van der Waals surface area contributed by atoms with Crippen LogP contribution >= 0.6 is 0 Å². The third kappa shape index (κ3) is 1.91. The number of para-hydroxylation sites is 1. The fourth-order valence-corrected chi connectivity index (χ4v) is 2.61. The van der Waals surface area contributed by atoms with Gasteiger partial charge in [-0.25, -0.2) is 0 Å². The van der Waals surface area contributed by atoms with E-state index in [1.807, 2.05) is 60.7 Å². The van der Waals surface area contributed by atoms with Gasteiger partial charge in [-0.15, -0.1) is 0 Å². The highest BCUT2D eigenvalue weighted by molar-refractivity contribution is 5.88. The van der Waals surface area contributed by atoms with Crippen LogP contribution in [0.3, 0.4) is 0 Å². The maximum atomic E-state index is 12.6. The molecular weight excluding hydrogens is 260 g/mol. The van der Waals surface area contributed by atoms with Crippen molar-refractivity contribution in [2.24, 2.45) is 0 Å². The van der Waals surface area contributed by atoms with E-state index < -0.39 is 0 Å². The van der Waals surface area contributed by atoms with Gasteiger partial charge in [0.05, 0.1) is 5.52 Å². The lowest BCUT2D eigenvalue weighted by molar-refractivity contribution is 1.07. The van der Waals surface area contributed by atoms with Crippen LogP contribution in [-0.2, 0) is 0 Å². The molecule has 1 N–H and O–H groups in total. The zero-order valence-electron chi connectivity index (χ0n) is 11.2. The van der Waals surface area contributed by atoms with Gasteiger partial charge in [0.25, 0.3) is 0 Å². The van der Waals surface area contributed by atoms with E-state index >= 15 is 0 Å². The molecule has 0 atom stereocenters. The maximum absolute atomic E-state index is 12.6. The standard InChI is InChI=1S/C18H12N2O/c21-18-15-7-3-4-8-16(15)19-20-17(18)14-10-9-12-5-1-2-6-13(12)11-14/h1-11H,(H,19,21). The number of H-pyrrole nitrogens is 1. The SMILES string of the molecule is O=c1c(-c2ccc3ccccc3c2)n[nH]c2ccccc12. The molecule has 3 heteroatoms. The van der Waals surface area contributed by atoms with Gasteiger partial charge in [-0.3, -0.25) is 9.89 Å². The first-order chi connectivity index (χ1) is 10.3. The van der Waals surface area contributed by atoms with Crippen LogP contribution in [0.15, 0.2) is 71.5 Å². The van der Waals surface area contributed by atoms with E-state index in [0.29, 0.717) is 11.1 Å². The third-order valence-electron chi connectivity index (χ3n) is 3.70. The zero-order valence-corrected chi connectivity index (χ0v) is 11.2. The molecule has 100 valence electrons. The summed E-state index contributed by atoms with van der Waals surface area (Å²) in [4.78, 5) is 12.6. The van der Waals surface area contributed by atoms with Gasteiger partial charge in [0.1, 0.15) is 5.69 Å². The summed E-state index contributed by atoms with van der Waals surface area (Å²) in [5.74, 6) is 0. The second-order valence-electron chi connectivity index (χ2n) is 5.01. The Morgan fingerprint density at radius 2 is 1.57 bits per heavy atom. The van der Waals surface area contributed by atoms with E-state index in [2.05, 4.69) is 16.3 Å². The summed E-state index contributed by atoms with van der Waals surface area (Å²) >= 11 is 0. The van der Waals surface area contributed by atoms with Crippen LogP contribution in [-0.4, -0.2) is 10.2 Å². The molecule has 3 nitrogen and oxygen atoms in total. The largest absolute Gasteiger partial charge is 0.287 e. The fourth-order valence-electron chi connectivity index (χ4n) is 2.61. The van der Waals surface area contributed by atoms with E-state index in [9.17, 15) is 4.79 Å². The lowest BCUT2D eigenvalue weighted by Gasteiger charge is -2.04. The molecule has 1 aromatic heterocycles. The Morgan fingerprint density at radius 1 is 0.810 bits per heavy atom. The smallest absolute Gasteiger partial charge is 0.215 e. The Morgan fingerprint density at radius 3 is 2.48 bits per heavy atom. The Hall–Kier alpha value is -2.94. The number of aromatic amines is 1. The monoisotopic (exact) mass is 272 g/mol. The van der Waals surface area contributed by atoms with Gasteiger partial charge in [0.2, 0.25) is 5.43 Å². The first-order valence-electron chi connectivity index (χ1n) is 6.79. The summed E-state index contributed by atoms with van der Waals surface area (Å²) in [6.07, 6.45) is 0. The molecule has 3 aromatic carbocycles. The highest BCUT2D eigenvalue weighted by atomic mass is 16.1. The first-order valence-corrected chi connectivity index (χ1v) is 6.79. The van der Waals surface area contributed by atoms with Gasteiger partial charge >= 0.3 is 0 Å². The van der Waals surface area contributed by atoms with E-state index in [1.54, 1.807) is 0 Å². The summed E-state index contributed by atoms with van der Waals surface area (Å²) in [7, 11) is 0. The molecule has 0 spiro atoms. The zero-order chi connectivity index (χ0) is 14.2. The molecule has 1 heterocycles. The average molecular weight is 272 g/mol. The van der Waals surface area contributed by atoms with Crippen LogP contribution in [0.25, 0.3) is 32.9 Å². The molecule has 0 aliphatic rings. The van der Waals surface area contributed by atoms with Crippen molar-refractivity contribution >= 4 is 21.7 Å². The topological polar surface area (TPSA) is 45.8 Å². The van der Waals surface area contributed by atoms with Crippen molar-refractivity contribution in [1.82, 2.24) is 10.2 Å². The van der Waals surface area contributed by atoms with Crippen molar-refractivity contribution < 1.29 is 0 Å². The molecule has 0 unspecified atom stereocenters. The summed E-state index contributed by atoms with van der Waals surface area (Å²) in [6, 6.07) is 21.5. The minimum absolute atomic E-state index is 0.0420. The number of hydrogen-bond donors (Lipinski definition) is 1. The lowest BCUT2D eigenvalue weighted by atomic mass is 10.0. The van der Waals surface area contributed by atoms with Gasteiger partial charge in [-0.1, -0.05) is 48.5 Å². The Kier molecular flexibility index (Phi) is 2.57. The van der Waals surface area contributed by atoms with Crippen molar-refractivity contribution in [1.29, 1.82) is 0 Å². The van der Waals surface area contributed by atoms with Crippen molar-refractivity contribution in [3.63, 3.8) is 0 Å². The predicted molar refractivity (Wildman–Crippen MR) is 85.3 cm³/mol. The van der Waals surface area contributed by atoms with Crippen molar-refractivity contribution in [2.45, 2.75) is 0 Å². The highest BCUT2D eigenvalue weighted by Gasteiger charge is 2.09. The number of nitrogens with one attached hydrogen (secondary N) is 1. The Bertz CT molecular complexity index is 1020. The van der Waals surface area contributed by atoms with E-state index in [-0.39, 0.29) is 5.43 Å². The Balaban J connectivity index is 2.00. The van der Waals surface area contributed by atoms with Crippen molar-refractivity contribution in [3.8, 4) is 11.3 Å². The van der Waals surface area contributed by atoms with Crippen LogP contribution < -0.4 is 5.43 Å². The third-order valence-corrected chi connectivity index (χ3v) is 3.70. The molecule has 0 aliphatic carbocycles. The van der Waals surface area contributed by atoms with E-state index in [1.165, 1.54) is 0 Å². The number of hydrogen-bond acceptors (Lipinski definition) is 2. The number of nitrogens with zero attached hydrogens (tertiary/aromatic N) is 1. The Labute approximate surface area is 120 Å². The predicted octanol–water partition coefficient (Wildman–Crippen LogP) is 3.74. The second-order valence-corrected chi connectivity index (χ2v) is 5.01. The van der Waals surface area contributed by atoms with Gasteiger partial charge in [-0.2, -0.15) is 5.10 Å². The number of fused-ring (bicyclic) bond motifs is 2. The maximum Gasteiger partial charge on any atom is 0.215 e. The summed E-state index contributed by atoms with van der Waals surface area (Å²) < 4.78 is 0. The lowest BCUT2D eigenvalue weighted by Crippen LogP contribution is -2.09. The van der Waals surface area contributed by atoms with Crippen molar-refractivity contribution in [3.05, 3.63) is 77.0 Å². The second kappa shape index (κ2) is 4.56. The summed E-state index contributed by atoms with van der Waals surface area (Å²) in [5, 5.41) is 10.1. The molecule has 0 bridgehead atoms.